The smallest absolute Gasteiger partial charge is 0.147 e. The normalized spacial score (nSPS) is 21.4. The van der Waals surface area contributed by atoms with E-state index in [1.54, 1.807) is 12.1 Å². The van der Waals surface area contributed by atoms with E-state index < -0.39 is 21.3 Å². The minimum atomic E-state index is -2.02. The van der Waals surface area contributed by atoms with Crippen LogP contribution in [0.2, 0.25) is 3.12 Å². The van der Waals surface area contributed by atoms with Gasteiger partial charge in [0.2, 0.25) is 0 Å². The molecular weight excluding hydrogens is 462 g/mol. The van der Waals surface area contributed by atoms with Gasteiger partial charge in [-0.3, -0.25) is 0 Å². The van der Waals surface area contributed by atoms with Crippen molar-refractivity contribution in [2.24, 2.45) is 0 Å². The molecule has 0 saturated carbocycles. The Bertz CT molecular complexity index is 1010. The number of rotatable bonds is 2. The minimum absolute atomic E-state index is 0. The standard InChI is InChI=1S/C17H17.C5H5.C3H6.2ClH.Zr/c1-10-5-12(3)14-9-15-13(4)6-11(2)8-17(15)16(14)7-10;1-2-4-5-3-1;1-3-2;;;/h5-9H,1-4H3;1-3H,4H2;1-2H3;2*1H;. The molecule has 28 heavy (non-hydrogen) atoms. The molecule has 3 heteroatoms. The molecule has 0 radical (unpaired) electrons. The zero-order chi connectivity index (χ0) is 18.6. The fourth-order valence-electron chi connectivity index (χ4n) is 5.16. The van der Waals surface area contributed by atoms with Gasteiger partial charge in [0, 0.05) is 0 Å². The molecule has 4 rings (SSSR count). The molecule has 0 nitrogen and oxygen atoms in total. The van der Waals surface area contributed by atoms with E-state index >= 15 is 0 Å². The van der Waals surface area contributed by atoms with Crippen LogP contribution >= 0.6 is 24.8 Å². The Morgan fingerprint density at radius 1 is 1.04 bits per heavy atom. The summed E-state index contributed by atoms with van der Waals surface area (Å²) in [4.78, 5) is 0. The maximum atomic E-state index is 2.59. The molecule has 148 valence electrons. The van der Waals surface area contributed by atoms with Gasteiger partial charge in [-0.1, -0.05) is 0 Å². The van der Waals surface area contributed by atoms with Gasteiger partial charge < -0.3 is 0 Å². The van der Waals surface area contributed by atoms with Gasteiger partial charge in [-0.05, 0) is 0 Å². The number of hydrogen-bond acceptors (Lipinski definition) is 0. The summed E-state index contributed by atoms with van der Waals surface area (Å²) in [5.41, 5.74) is 10.2. The molecule has 0 spiro atoms. The van der Waals surface area contributed by atoms with Crippen LogP contribution in [0.1, 0.15) is 56.4 Å². The van der Waals surface area contributed by atoms with Crippen molar-refractivity contribution in [3.05, 3.63) is 79.2 Å². The first-order chi connectivity index (χ1) is 12.3. The van der Waals surface area contributed by atoms with Crippen LogP contribution < -0.4 is 0 Å². The molecule has 0 fully saturated rings. The van der Waals surface area contributed by atoms with Gasteiger partial charge in [-0.25, -0.2) is 0 Å². The van der Waals surface area contributed by atoms with Gasteiger partial charge in [-0.15, -0.1) is 24.8 Å². The fourth-order valence-corrected chi connectivity index (χ4v) is 14.5. The Hall–Kier alpha value is -0.747. The van der Waals surface area contributed by atoms with Crippen molar-refractivity contribution in [1.82, 2.24) is 0 Å². The molecule has 0 aliphatic heterocycles. The molecule has 1 aromatic rings. The van der Waals surface area contributed by atoms with Crippen LogP contribution in [0.4, 0.5) is 0 Å². The van der Waals surface area contributed by atoms with Crippen molar-refractivity contribution < 1.29 is 21.3 Å². The minimum Gasteiger partial charge on any atom is -0.147 e. The fraction of sp³-hybridized carbons (Fsp3) is 0.320. The molecule has 0 aromatic heterocycles. The number of benzene rings is 1. The average Bonchev–Trinajstić information content (AvgIpc) is 3.16. The monoisotopic (exact) mass is 490 g/mol. The molecule has 1 unspecified atom stereocenters. The Morgan fingerprint density at radius 3 is 2.36 bits per heavy atom. The van der Waals surface area contributed by atoms with E-state index in [4.69, 9.17) is 0 Å². The molecule has 1 aromatic carbocycles. The van der Waals surface area contributed by atoms with Crippen molar-refractivity contribution >= 4 is 39.7 Å². The van der Waals surface area contributed by atoms with Gasteiger partial charge in [0.25, 0.3) is 0 Å². The van der Waals surface area contributed by atoms with Crippen LogP contribution in [-0.2, 0) is 21.3 Å². The number of halogens is 2. The molecule has 0 saturated heterocycles. The zero-order valence-electron chi connectivity index (χ0n) is 17.6. The van der Waals surface area contributed by atoms with E-state index in [0.29, 0.717) is 0 Å². The molecule has 0 bridgehead atoms. The molecule has 3 aliphatic carbocycles. The largest absolute Gasteiger partial charge is 0.147 e. The summed E-state index contributed by atoms with van der Waals surface area (Å²) in [6.45, 7) is 14.1. The molecule has 0 N–H and O–H groups in total. The molecular formula is C25H30Cl2Zr. The predicted molar refractivity (Wildman–Crippen MR) is 127 cm³/mol. The van der Waals surface area contributed by atoms with Gasteiger partial charge in [-0.2, -0.15) is 0 Å². The van der Waals surface area contributed by atoms with Gasteiger partial charge in [0.05, 0.1) is 0 Å². The maximum Gasteiger partial charge on any atom is -0.147 e. The van der Waals surface area contributed by atoms with E-state index in [1.165, 1.54) is 39.8 Å². The second-order valence-electron chi connectivity index (χ2n) is 8.45. The van der Waals surface area contributed by atoms with E-state index in [-0.39, 0.29) is 27.9 Å². The summed E-state index contributed by atoms with van der Waals surface area (Å²) in [5, 5.41) is 0. The van der Waals surface area contributed by atoms with Crippen molar-refractivity contribution in [1.29, 1.82) is 0 Å². The predicted octanol–water partition coefficient (Wildman–Crippen LogP) is 7.74. The van der Waals surface area contributed by atoms with E-state index in [0.717, 1.165) is 0 Å². The summed E-state index contributed by atoms with van der Waals surface area (Å²) in [7, 11) is 0. The third-order valence-corrected chi connectivity index (χ3v) is 14.5. The van der Waals surface area contributed by atoms with Crippen LogP contribution in [0, 0.1) is 13.8 Å². The van der Waals surface area contributed by atoms with Crippen LogP contribution in [0.15, 0.2) is 56.9 Å². The Morgan fingerprint density at radius 2 is 1.75 bits per heavy atom. The van der Waals surface area contributed by atoms with Crippen molar-refractivity contribution in [3.63, 3.8) is 0 Å². The quantitative estimate of drug-likeness (QED) is 0.396. The summed E-state index contributed by atoms with van der Waals surface area (Å²) in [6.07, 6.45) is 15.7. The van der Waals surface area contributed by atoms with Crippen LogP contribution in [-0.4, -0.2) is 3.21 Å². The first-order valence-electron chi connectivity index (χ1n) is 9.60. The summed E-state index contributed by atoms with van der Waals surface area (Å²) in [6, 6.07) is 4.71. The second kappa shape index (κ2) is 8.55. The number of allylic oxidation sites excluding steroid dienone is 9. The molecule has 3 aliphatic rings. The topological polar surface area (TPSA) is 0 Å². The second-order valence-corrected chi connectivity index (χ2v) is 16.9. The van der Waals surface area contributed by atoms with Crippen LogP contribution in [0.3, 0.4) is 0 Å². The maximum absolute atomic E-state index is 2.59. The van der Waals surface area contributed by atoms with Crippen LogP contribution in [0.25, 0.3) is 11.6 Å². The number of hydrogen-bond donors (Lipinski definition) is 0. The zero-order valence-corrected chi connectivity index (χ0v) is 21.7. The van der Waals surface area contributed by atoms with Crippen LogP contribution in [0.5, 0.6) is 0 Å². The average molecular weight is 493 g/mol. The van der Waals surface area contributed by atoms with E-state index in [1.807, 2.05) is 0 Å². The number of fused-ring (bicyclic) bond motifs is 3. The summed E-state index contributed by atoms with van der Waals surface area (Å²) < 4.78 is 3.64. The Kier molecular flexibility index (Phi) is 7.18. The van der Waals surface area contributed by atoms with E-state index in [9.17, 15) is 0 Å². The van der Waals surface area contributed by atoms with Crippen molar-refractivity contribution in [2.75, 3.05) is 0 Å². The van der Waals surface area contributed by atoms with Crippen molar-refractivity contribution in [2.45, 2.75) is 51.1 Å². The van der Waals surface area contributed by atoms with Gasteiger partial charge in [0.1, 0.15) is 0 Å². The van der Waals surface area contributed by atoms with Gasteiger partial charge >= 0.3 is 166 Å². The molecule has 0 amide bonds. The first-order valence-corrected chi connectivity index (χ1v) is 13.3. The third-order valence-electron chi connectivity index (χ3n) is 5.96. The van der Waals surface area contributed by atoms with E-state index in [2.05, 4.69) is 90.1 Å². The number of aryl methyl sites for hydroxylation is 2. The van der Waals surface area contributed by atoms with Crippen molar-refractivity contribution in [3.8, 4) is 0 Å². The summed E-state index contributed by atoms with van der Waals surface area (Å²) >= 11 is -2.02. The Balaban J connectivity index is 0.00000140. The summed E-state index contributed by atoms with van der Waals surface area (Å²) in [5.74, 6) is 0. The molecule has 1 atom stereocenters. The first kappa shape index (κ1) is 23.5. The van der Waals surface area contributed by atoms with Gasteiger partial charge in [0.15, 0.2) is 0 Å². The Labute approximate surface area is 190 Å². The SMILES string of the molecule is CC1=C[C](C)([Zr]([C]2=CC=CC2)=[C](C)C)C2=Cc3c(C)cc(C)cc3C2=C1.Cl.Cl. The third kappa shape index (κ3) is 3.71. The molecule has 0 heterocycles.